The van der Waals surface area contributed by atoms with Crippen molar-refractivity contribution in [3.05, 3.63) is 24.0 Å². The number of hydrogen-bond donors (Lipinski definition) is 2. The van der Waals surface area contributed by atoms with Gasteiger partial charge in [0.2, 0.25) is 0 Å². The van der Waals surface area contributed by atoms with Gasteiger partial charge in [0.25, 0.3) is 0 Å². The van der Waals surface area contributed by atoms with Gasteiger partial charge in [-0.2, -0.15) is 0 Å². The molecule has 0 atom stereocenters. The highest BCUT2D eigenvalue weighted by Crippen LogP contribution is 2.24. The minimum atomic E-state index is -0.364. The van der Waals surface area contributed by atoms with Gasteiger partial charge in [0.1, 0.15) is 11.6 Å². The maximum absolute atomic E-state index is 12.4. The van der Waals surface area contributed by atoms with Crippen LogP contribution < -0.4 is 3.53 Å². The third-order valence-corrected chi connectivity index (χ3v) is 1.64. The van der Waals surface area contributed by atoms with Crippen LogP contribution in [0.1, 0.15) is 0 Å². The molecule has 0 saturated heterocycles. The van der Waals surface area contributed by atoms with Crippen LogP contribution in [0, 0.1) is 5.82 Å². The van der Waals surface area contributed by atoms with E-state index in [-0.39, 0.29) is 11.6 Å². The van der Waals surface area contributed by atoms with E-state index in [9.17, 15) is 4.39 Å². The second-order valence-corrected chi connectivity index (χ2v) is 2.30. The smallest absolute Gasteiger partial charge is 0.139 e. The first-order valence-electron chi connectivity index (χ1n) is 2.59. The molecule has 0 aliphatic heterocycles. The maximum Gasteiger partial charge on any atom is 0.139 e. The van der Waals surface area contributed by atoms with Crippen LogP contribution in [0.3, 0.4) is 0 Å². The van der Waals surface area contributed by atoms with Crippen LogP contribution in [-0.2, 0) is 0 Å². The van der Waals surface area contributed by atoms with Gasteiger partial charge in [-0.25, -0.2) is 4.39 Å². The Labute approximate surface area is 71.6 Å². The van der Waals surface area contributed by atoms with E-state index < -0.39 is 0 Å². The molecule has 0 aromatic heterocycles. The molecule has 1 aromatic carbocycles. The molecule has 54 valence electrons. The highest BCUT2D eigenvalue weighted by atomic mass is 127. The zero-order valence-corrected chi connectivity index (χ0v) is 7.09. The molecule has 2 nitrogen and oxygen atoms in total. The van der Waals surface area contributed by atoms with Crippen molar-refractivity contribution in [2.45, 2.75) is 0 Å². The number of nitrogens with one attached hydrogen (secondary N) is 1. The van der Waals surface area contributed by atoms with Crippen molar-refractivity contribution in [2.24, 2.45) is 0 Å². The first-order chi connectivity index (χ1) is 4.74. The van der Waals surface area contributed by atoms with E-state index in [1.54, 1.807) is 0 Å². The van der Waals surface area contributed by atoms with Crippen LogP contribution in [0.5, 0.6) is 5.75 Å². The van der Waals surface area contributed by atoms with Crippen LogP contribution in [0.2, 0.25) is 0 Å². The van der Waals surface area contributed by atoms with Crippen LogP contribution in [0.4, 0.5) is 10.1 Å². The van der Waals surface area contributed by atoms with Crippen LogP contribution in [-0.4, -0.2) is 5.11 Å². The predicted molar refractivity (Wildman–Crippen MR) is 45.7 cm³/mol. The van der Waals surface area contributed by atoms with E-state index in [1.165, 1.54) is 18.2 Å². The van der Waals surface area contributed by atoms with Crippen molar-refractivity contribution in [1.29, 1.82) is 0 Å². The number of rotatable bonds is 1. The summed E-state index contributed by atoms with van der Waals surface area (Å²) in [5, 5.41) is 9.00. The lowest BCUT2D eigenvalue weighted by Crippen LogP contribution is -1.81. The topological polar surface area (TPSA) is 32.3 Å². The van der Waals surface area contributed by atoms with Gasteiger partial charge in [0.05, 0.1) is 28.6 Å². The third-order valence-electron chi connectivity index (χ3n) is 1.06. The minimum Gasteiger partial charge on any atom is -0.506 e. The maximum atomic E-state index is 12.4. The van der Waals surface area contributed by atoms with Crippen molar-refractivity contribution in [2.75, 3.05) is 3.53 Å². The lowest BCUT2D eigenvalue weighted by Gasteiger charge is -1.99. The number of aromatic hydroxyl groups is 1. The Balaban J connectivity index is 3.09. The van der Waals surface area contributed by atoms with Gasteiger partial charge in [-0.05, 0) is 12.1 Å². The first kappa shape index (κ1) is 7.59. The summed E-state index contributed by atoms with van der Waals surface area (Å²) in [7, 11) is 0. The zero-order valence-electron chi connectivity index (χ0n) is 4.94. The minimum absolute atomic E-state index is 0.0517. The summed E-state index contributed by atoms with van der Waals surface area (Å²) in [6.45, 7) is 0. The summed E-state index contributed by atoms with van der Waals surface area (Å²) < 4.78 is 15.0. The number of hydrogen-bond acceptors (Lipinski definition) is 2. The van der Waals surface area contributed by atoms with E-state index in [1.807, 2.05) is 22.9 Å². The number of benzene rings is 1. The molecular formula is C6H5FINO. The highest BCUT2D eigenvalue weighted by Gasteiger charge is 1.98. The van der Waals surface area contributed by atoms with Crippen molar-refractivity contribution in [3.63, 3.8) is 0 Å². The molecule has 0 amide bonds. The highest BCUT2D eigenvalue weighted by molar-refractivity contribution is 14.1. The molecule has 0 bridgehead atoms. The van der Waals surface area contributed by atoms with Crippen molar-refractivity contribution in [3.8, 4) is 5.75 Å². The van der Waals surface area contributed by atoms with Gasteiger partial charge in [-0.3, -0.25) is 0 Å². The Morgan fingerprint density at radius 2 is 2.20 bits per heavy atom. The average Bonchev–Trinajstić information content (AvgIpc) is 1.94. The molecular weight excluding hydrogens is 248 g/mol. The molecule has 0 saturated carbocycles. The van der Waals surface area contributed by atoms with E-state index >= 15 is 0 Å². The summed E-state index contributed by atoms with van der Waals surface area (Å²) in [6, 6.07) is 3.73. The molecule has 0 aliphatic carbocycles. The molecule has 4 heteroatoms. The van der Waals surface area contributed by atoms with Gasteiger partial charge >= 0.3 is 0 Å². The van der Waals surface area contributed by atoms with Crippen molar-refractivity contribution < 1.29 is 9.50 Å². The molecule has 0 unspecified atom stereocenters. The Hall–Kier alpha value is -0.520. The average molecular weight is 253 g/mol. The molecule has 10 heavy (non-hydrogen) atoms. The van der Waals surface area contributed by atoms with Gasteiger partial charge in [-0.15, -0.1) is 0 Å². The summed E-state index contributed by atoms with van der Waals surface area (Å²) in [5.41, 5.74) is 0.389. The fourth-order valence-corrected chi connectivity index (χ4v) is 1.02. The second kappa shape index (κ2) is 3.05. The molecule has 1 rings (SSSR count). The van der Waals surface area contributed by atoms with E-state index in [2.05, 4.69) is 3.53 Å². The summed E-state index contributed by atoms with van der Waals surface area (Å²) >= 11 is 1.82. The molecule has 2 N–H and O–H groups in total. The zero-order chi connectivity index (χ0) is 7.56. The summed E-state index contributed by atoms with van der Waals surface area (Å²) in [5.74, 6) is -0.312. The summed E-state index contributed by atoms with van der Waals surface area (Å²) in [4.78, 5) is 0. The predicted octanol–water partition coefficient (Wildman–Crippen LogP) is 2.29. The first-order valence-corrected chi connectivity index (χ1v) is 3.67. The van der Waals surface area contributed by atoms with Crippen molar-refractivity contribution >= 4 is 28.6 Å². The van der Waals surface area contributed by atoms with Gasteiger partial charge in [0.15, 0.2) is 0 Å². The Kier molecular flexibility index (Phi) is 2.31. The van der Waals surface area contributed by atoms with E-state index in [0.717, 1.165) is 0 Å². The number of anilines is 1. The van der Waals surface area contributed by atoms with Crippen LogP contribution >= 0.6 is 22.9 Å². The fourth-order valence-electron chi connectivity index (χ4n) is 0.584. The lowest BCUT2D eigenvalue weighted by atomic mass is 10.3. The lowest BCUT2D eigenvalue weighted by molar-refractivity contribution is 0.476. The molecule has 0 aliphatic rings. The third kappa shape index (κ3) is 1.50. The number of phenols is 1. The van der Waals surface area contributed by atoms with Gasteiger partial charge in [-0.1, -0.05) is 0 Å². The normalized spacial score (nSPS) is 9.40. The largest absolute Gasteiger partial charge is 0.506 e. The molecule has 1 aromatic rings. The van der Waals surface area contributed by atoms with Gasteiger partial charge < -0.3 is 8.64 Å². The van der Waals surface area contributed by atoms with Gasteiger partial charge in [0, 0.05) is 6.07 Å². The van der Waals surface area contributed by atoms with E-state index in [0.29, 0.717) is 5.69 Å². The quantitative estimate of drug-likeness (QED) is 0.457. The number of halogens is 2. The number of phenolic OH excluding ortho intramolecular Hbond substituents is 1. The molecule has 0 fully saturated rings. The van der Waals surface area contributed by atoms with Crippen LogP contribution in [0.15, 0.2) is 18.2 Å². The van der Waals surface area contributed by atoms with Crippen molar-refractivity contribution in [1.82, 2.24) is 0 Å². The van der Waals surface area contributed by atoms with Crippen LogP contribution in [0.25, 0.3) is 0 Å². The fraction of sp³-hybridized carbons (Fsp3) is 0. The Morgan fingerprint density at radius 3 is 2.70 bits per heavy atom. The van der Waals surface area contributed by atoms with E-state index in [4.69, 9.17) is 5.11 Å². The molecule has 0 spiro atoms. The molecule has 0 heterocycles. The SMILES string of the molecule is Oc1ccc(F)cc1NI. The molecule has 0 radical (unpaired) electrons. The Morgan fingerprint density at radius 1 is 1.50 bits per heavy atom. The second-order valence-electron chi connectivity index (χ2n) is 1.76. The standard InChI is InChI=1S/C6H5FINO/c7-4-1-2-6(10)5(3-4)9-8/h1-3,9-10H. The monoisotopic (exact) mass is 253 g/mol. The summed E-state index contributed by atoms with van der Waals surface area (Å²) in [6.07, 6.45) is 0. The Bertz CT molecular complexity index is 241.